The van der Waals surface area contributed by atoms with Crippen molar-refractivity contribution in [2.24, 2.45) is 5.73 Å². The fourth-order valence-electron chi connectivity index (χ4n) is 3.91. The number of carboxylic acid groups (broad SMARTS) is 2. The maximum Gasteiger partial charge on any atom is 0.490 e. The van der Waals surface area contributed by atoms with Crippen molar-refractivity contribution in [2.75, 3.05) is 20.2 Å². The third-order valence-electron chi connectivity index (χ3n) is 6.35. The normalized spacial score (nSPS) is 12.6. The second-order valence-electron chi connectivity index (χ2n) is 9.83. The highest BCUT2D eigenvalue weighted by molar-refractivity contribution is 5.90. The molecule has 0 aromatic heterocycles. The third-order valence-corrected chi connectivity index (χ3v) is 6.35. The van der Waals surface area contributed by atoms with Crippen molar-refractivity contribution in [2.45, 2.75) is 128 Å². The van der Waals surface area contributed by atoms with Crippen LogP contribution in [0, 0.1) is 0 Å². The zero-order chi connectivity index (χ0) is 31.0. The van der Waals surface area contributed by atoms with E-state index in [1.54, 1.807) is 0 Å². The number of halogens is 3. The molecule has 0 aliphatic rings. The van der Waals surface area contributed by atoms with Crippen LogP contribution < -0.4 is 11.1 Å². The van der Waals surface area contributed by atoms with E-state index in [4.69, 9.17) is 20.7 Å². The fraction of sp³-hybridized carbons (Fsp3) is 0.852. The van der Waals surface area contributed by atoms with Gasteiger partial charge in [0.1, 0.15) is 6.04 Å². The largest absolute Gasteiger partial charge is 0.490 e. The molecule has 0 saturated carbocycles. The zero-order valence-corrected chi connectivity index (χ0v) is 24.0. The molecule has 0 spiro atoms. The summed E-state index contributed by atoms with van der Waals surface area (Å²) in [4.78, 5) is 46.1. The number of carboxylic acids is 2. The maximum absolute atomic E-state index is 12.7. The summed E-state index contributed by atoms with van der Waals surface area (Å²) in [7, 11) is 1.32. The van der Waals surface area contributed by atoms with Crippen LogP contribution in [0.2, 0.25) is 0 Å². The molecule has 0 saturated heterocycles. The first-order chi connectivity index (χ1) is 18.8. The molecule has 0 radical (unpaired) electrons. The van der Waals surface area contributed by atoms with Crippen molar-refractivity contribution in [1.29, 1.82) is 0 Å². The fourth-order valence-corrected chi connectivity index (χ4v) is 3.91. The number of nitrogens with two attached hydrogens (primary N) is 1. The van der Waals surface area contributed by atoms with Crippen molar-refractivity contribution in [3.8, 4) is 0 Å². The van der Waals surface area contributed by atoms with E-state index in [1.165, 1.54) is 71.3 Å². The van der Waals surface area contributed by atoms with Gasteiger partial charge in [0.15, 0.2) is 6.04 Å². The van der Waals surface area contributed by atoms with Gasteiger partial charge in [-0.3, -0.25) is 9.59 Å². The lowest BCUT2D eigenvalue weighted by molar-refractivity contribution is -0.192. The predicted molar refractivity (Wildman–Crippen MR) is 146 cm³/mol. The molecule has 2 atom stereocenters. The molecule has 0 aromatic rings. The monoisotopic (exact) mass is 585 g/mol. The Morgan fingerprint density at radius 2 is 1.25 bits per heavy atom. The lowest BCUT2D eigenvalue weighted by Crippen LogP contribution is -2.53. The SMILES string of the molecule is CCCCCCCCCCCCCCCC(=O)N[C@@H](CCCN)C(=O)N(C)[C@@H](CO)C(=O)O.O=C(O)C(F)(F)F. The van der Waals surface area contributed by atoms with Crippen molar-refractivity contribution >= 4 is 23.8 Å². The van der Waals surface area contributed by atoms with E-state index >= 15 is 0 Å². The zero-order valence-electron chi connectivity index (χ0n) is 24.0. The smallest absolute Gasteiger partial charge is 0.480 e. The standard InChI is InChI=1S/C25H49N3O5.C2HF3O2/c1-3-4-5-6-7-8-9-10-11-12-13-14-15-18-23(30)27-21(17-16-19-26)24(31)28(2)22(20-29)25(32)33;3-2(4,5)1(6)7/h21-22,29H,3-20,26H2,1-2H3,(H,27,30)(H,32,33);(H,6,7)/t21-,22-;/m0./s1. The van der Waals surface area contributed by atoms with Crippen LogP contribution in [0.3, 0.4) is 0 Å². The second kappa shape index (κ2) is 24.4. The molecular weight excluding hydrogens is 535 g/mol. The van der Waals surface area contributed by atoms with E-state index in [0.717, 1.165) is 24.2 Å². The number of likely N-dealkylation sites (N-methyl/N-ethyl adjacent to an activating group) is 1. The number of nitrogens with zero attached hydrogens (tertiary/aromatic N) is 1. The molecule has 2 amide bonds. The molecule has 40 heavy (non-hydrogen) atoms. The molecule has 0 aliphatic carbocycles. The van der Waals surface area contributed by atoms with Crippen LogP contribution in [0.15, 0.2) is 0 Å². The molecule has 0 unspecified atom stereocenters. The van der Waals surface area contributed by atoms with Crippen molar-refractivity contribution < 1.29 is 47.7 Å². The van der Waals surface area contributed by atoms with Gasteiger partial charge in [0.05, 0.1) is 6.61 Å². The minimum absolute atomic E-state index is 0.210. The van der Waals surface area contributed by atoms with E-state index in [-0.39, 0.29) is 5.91 Å². The van der Waals surface area contributed by atoms with Gasteiger partial charge >= 0.3 is 18.1 Å². The van der Waals surface area contributed by atoms with Crippen LogP contribution in [-0.4, -0.2) is 82.4 Å². The Kier molecular flexibility index (Phi) is 24.2. The van der Waals surface area contributed by atoms with E-state index < -0.39 is 42.7 Å². The molecule has 0 bridgehead atoms. The minimum Gasteiger partial charge on any atom is -0.480 e. The first-order valence-corrected chi connectivity index (χ1v) is 14.2. The van der Waals surface area contributed by atoms with Crippen LogP contribution in [0.1, 0.15) is 110 Å². The van der Waals surface area contributed by atoms with Gasteiger partial charge in [-0.2, -0.15) is 13.2 Å². The summed E-state index contributed by atoms with van der Waals surface area (Å²) in [5, 5.41) is 28.3. The highest BCUT2D eigenvalue weighted by atomic mass is 19.4. The molecule has 0 fully saturated rings. The Hall–Kier alpha value is -2.41. The Balaban J connectivity index is 0. The number of alkyl halides is 3. The van der Waals surface area contributed by atoms with Crippen LogP contribution in [0.5, 0.6) is 0 Å². The molecule has 0 aromatic carbocycles. The predicted octanol–water partition coefficient (Wildman–Crippen LogP) is 4.23. The molecule has 0 aliphatic heterocycles. The lowest BCUT2D eigenvalue weighted by Gasteiger charge is -2.28. The Morgan fingerprint density at radius 1 is 0.825 bits per heavy atom. The van der Waals surface area contributed by atoms with Gasteiger partial charge in [-0.25, -0.2) is 9.59 Å². The molecular formula is C27H50F3N3O7. The summed E-state index contributed by atoms with van der Waals surface area (Å²) in [6, 6.07) is -2.17. The molecule has 0 heterocycles. The number of hydrogen-bond acceptors (Lipinski definition) is 6. The van der Waals surface area contributed by atoms with E-state index in [2.05, 4.69) is 12.2 Å². The molecule has 13 heteroatoms. The number of nitrogens with one attached hydrogen (secondary N) is 1. The van der Waals surface area contributed by atoms with Gasteiger partial charge in [0.2, 0.25) is 11.8 Å². The summed E-state index contributed by atoms with van der Waals surface area (Å²) < 4.78 is 31.7. The Morgan fingerprint density at radius 3 is 1.60 bits per heavy atom. The minimum atomic E-state index is -5.08. The van der Waals surface area contributed by atoms with Gasteiger partial charge in [-0.05, 0) is 25.8 Å². The highest BCUT2D eigenvalue weighted by Gasteiger charge is 2.38. The molecule has 236 valence electrons. The number of amides is 2. The second-order valence-corrected chi connectivity index (χ2v) is 9.83. The van der Waals surface area contributed by atoms with Crippen LogP contribution in [-0.2, 0) is 19.2 Å². The average molecular weight is 586 g/mol. The molecule has 0 rings (SSSR count). The average Bonchev–Trinajstić information content (AvgIpc) is 2.88. The highest BCUT2D eigenvalue weighted by Crippen LogP contribution is 2.14. The Bertz CT molecular complexity index is 709. The van der Waals surface area contributed by atoms with Crippen LogP contribution in [0.4, 0.5) is 13.2 Å². The van der Waals surface area contributed by atoms with E-state index in [1.807, 2.05) is 0 Å². The van der Waals surface area contributed by atoms with E-state index in [0.29, 0.717) is 25.8 Å². The summed E-state index contributed by atoms with van der Waals surface area (Å²) >= 11 is 0. The van der Waals surface area contributed by atoms with E-state index in [9.17, 15) is 32.7 Å². The van der Waals surface area contributed by atoms with Gasteiger partial charge in [0, 0.05) is 13.5 Å². The lowest BCUT2D eigenvalue weighted by atomic mass is 10.0. The number of aliphatic hydroxyl groups is 1. The maximum atomic E-state index is 12.7. The first kappa shape index (κ1) is 39.7. The summed E-state index contributed by atoms with van der Waals surface area (Å²) in [6.45, 7) is 1.92. The van der Waals surface area contributed by atoms with Gasteiger partial charge < -0.3 is 31.3 Å². The number of carbonyl (C=O) groups is 4. The van der Waals surface area contributed by atoms with Gasteiger partial charge in [-0.15, -0.1) is 0 Å². The first-order valence-electron chi connectivity index (χ1n) is 14.2. The number of rotatable bonds is 22. The van der Waals surface area contributed by atoms with Gasteiger partial charge in [0.25, 0.3) is 0 Å². The Labute approximate surface area is 235 Å². The summed E-state index contributed by atoms with van der Waals surface area (Å²) in [6.07, 6.45) is 12.1. The third kappa shape index (κ3) is 21.4. The molecule has 6 N–H and O–H groups in total. The number of carbonyl (C=O) groups excluding carboxylic acids is 2. The van der Waals surface area contributed by atoms with Crippen LogP contribution in [0.25, 0.3) is 0 Å². The number of aliphatic carboxylic acids is 2. The number of aliphatic hydroxyl groups excluding tert-OH is 1. The van der Waals surface area contributed by atoms with Crippen molar-refractivity contribution in [1.82, 2.24) is 10.2 Å². The van der Waals surface area contributed by atoms with Gasteiger partial charge in [-0.1, -0.05) is 84.0 Å². The van der Waals surface area contributed by atoms with Crippen molar-refractivity contribution in [3.05, 3.63) is 0 Å². The van der Waals surface area contributed by atoms with Crippen molar-refractivity contribution in [3.63, 3.8) is 0 Å². The molecule has 10 nitrogen and oxygen atoms in total. The summed E-state index contributed by atoms with van der Waals surface area (Å²) in [5.41, 5.74) is 5.54. The number of hydrogen-bond donors (Lipinski definition) is 5. The van der Waals surface area contributed by atoms with Crippen LogP contribution >= 0.6 is 0 Å². The number of unbranched alkanes of at least 4 members (excludes halogenated alkanes) is 12. The quantitative estimate of drug-likeness (QED) is 0.118. The summed E-state index contributed by atoms with van der Waals surface area (Å²) in [5.74, 6) is -4.78. The topological polar surface area (TPSA) is 170 Å².